The molecule has 0 unspecified atom stereocenters. The minimum atomic E-state index is -0.505. The number of thiazole rings is 1. The van der Waals surface area contributed by atoms with Crippen molar-refractivity contribution in [3.63, 3.8) is 0 Å². The second-order valence-electron chi connectivity index (χ2n) is 12.4. The molecule has 3 heterocycles. The van der Waals surface area contributed by atoms with Gasteiger partial charge in [-0.15, -0.1) is 11.3 Å². The molecule has 0 aliphatic carbocycles. The summed E-state index contributed by atoms with van der Waals surface area (Å²) in [6, 6.07) is 23.6. The summed E-state index contributed by atoms with van der Waals surface area (Å²) < 4.78 is 13.7. The quantitative estimate of drug-likeness (QED) is 0.109. The molecule has 0 atom stereocenters. The Hall–Kier alpha value is -3.74. The van der Waals surface area contributed by atoms with Crippen LogP contribution in [0.5, 0.6) is 5.75 Å². The van der Waals surface area contributed by atoms with E-state index in [0.29, 0.717) is 62.6 Å². The molecule has 0 fully saturated rings. The number of tetrazole rings is 1. The van der Waals surface area contributed by atoms with E-state index in [1.165, 1.54) is 11.3 Å². The van der Waals surface area contributed by atoms with Gasteiger partial charge in [0.25, 0.3) is 0 Å². The van der Waals surface area contributed by atoms with Crippen LogP contribution in [0.2, 0.25) is 5.15 Å². The van der Waals surface area contributed by atoms with Crippen molar-refractivity contribution in [2.75, 3.05) is 6.61 Å². The predicted molar refractivity (Wildman–Crippen MR) is 195 cm³/mol. The first-order valence-electron chi connectivity index (χ1n) is 16.7. The standard InChI is InChI=1S/C38H36ClN8O3S.K/c1-5-6-11-33-42-35(39)31(47(33)20-25-12-14-26(15-13-25)29-9-7-8-10-30(29)36-43-45-46-44-36)22-50-38(48)34-24(4)41-37(51-34)27-16-17-32(28(18-27)19-40)49-21-23(2)3;/h7-10,12-18,23H,5-6,11,20-22H2,1-4H3;/q-1;+1. The molecule has 14 heteroatoms. The molecule has 0 spiro atoms. The number of nitriles is 1. The molecule has 6 rings (SSSR count). The van der Waals surface area contributed by atoms with Gasteiger partial charge in [0, 0.05) is 24.4 Å². The van der Waals surface area contributed by atoms with Crippen LogP contribution < -0.4 is 61.2 Å². The van der Waals surface area contributed by atoms with Gasteiger partial charge in [-0.3, -0.25) is 10.3 Å². The van der Waals surface area contributed by atoms with Crippen LogP contribution in [0.4, 0.5) is 0 Å². The van der Waals surface area contributed by atoms with Crippen molar-refractivity contribution in [1.29, 1.82) is 5.26 Å². The minimum absolute atomic E-state index is 0. The van der Waals surface area contributed by atoms with Gasteiger partial charge in [0.05, 0.1) is 23.6 Å². The van der Waals surface area contributed by atoms with Crippen molar-refractivity contribution < 1.29 is 65.7 Å². The maximum Gasteiger partial charge on any atom is 1.00 e. The molecule has 0 bridgehead atoms. The average Bonchev–Trinajstić information content (AvgIpc) is 3.89. The fourth-order valence-electron chi connectivity index (χ4n) is 5.55. The van der Waals surface area contributed by atoms with E-state index in [1.54, 1.807) is 19.1 Å². The molecule has 11 nitrogen and oxygen atoms in total. The van der Waals surface area contributed by atoms with Gasteiger partial charge in [0.15, 0.2) is 5.15 Å². The Bertz CT molecular complexity index is 2180. The number of esters is 1. The third kappa shape index (κ3) is 9.24. The van der Waals surface area contributed by atoms with Crippen LogP contribution in [0.25, 0.3) is 33.1 Å². The fraction of sp³-hybridized carbons (Fsp3) is 0.289. The molecule has 6 aromatic rings. The number of carbonyl (C=O) groups excluding carboxylic acids is 1. The molecule has 0 aliphatic heterocycles. The molecule has 0 N–H and O–H groups in total. The number of carbonyl (C=O) groups is 1. The number of halogens is 1. The molecule has 0 saturated heterocycles. The summed E-state index contributed by atoms with van der Waals surface area (Å²) >= 11 is 7.92. The number of nitrogens with zero attached hydrogens (tertiary/aromatic N) is 8. The Morgan fingerprint density at radius 3 is 2.50 bits per heavy atom. The number of benzene rings is 3. The van der Waals surface area contributed by atoms with Crippen LogP contribution in [0.3, 0.4) is 0 Å². The van der Waals surface area contributed by atoms with E-state index in [1.807, 2.05) is 48.7 Å². The molecule has 3 aromatic carbocycles. The topological polar surface area (TPSA) is 143 Å². The number of aromatic nitrogens is 7. The molecule has 0 saturated carbocycles. The minimum Gasteiger partial charge on any atom is -0.492 e. The largest absolute Gasteiger partial charge is 1.00 e. The second kappa shape index (κ2) is 18.3. The van der Waals surface area contributed by atoms with E-state index < -0.39 is 5.97 Å². The maximum atomic E-state index is 13.4. The van der Waals surface area contributed by atoms with E-state index in [-0.39, 0.29) is 58.0 Å². The van der Waals surface area contributed by atoms with Crippen LogP contribution in [0, 0.1) is 24.2 Å². The molecular formula is C38H36ClKN8O3S. The molecule has 52 heavy (non-hydrogen) atoms. The molecule has 3 aromatic heterocycles. The van der Waals surface area contributed by atoms with Gasteiger partial charge in [-0.25, -0.2) is 14.8 Å². The van der Waals surface area contributed by atoms with E-state index in [0.717, 1.165) is 52.9 Å². The Morgan fingerprint density at radius 1 is 1.06 bits per heavy atom. The number of imidazole rings is 1. The molecule has 260 valence electrons. The normalized spacial score (nSPS) is 10.9. The summed E-state index contributed by atoms with van der Waals surface area (Å²) in [6.45, 7) is 8.94. The Labute approximate surface area is 354 Å². The Kier molecular flexibility index (Phi) is 13.9. The van der Waals surface area contributed by atoms with E-state index >= 15 is 0 Å². The second-order valence-corrected chi connectivity index (χ2v) is 13.8. The smallest absolute Gasteiger partial charge is 0.492 e. The van der Waals surface area contributed by atoms with E-state index in [4.69, 9.17) is 21.1 Å². The van der Waals surface area contributed by atoms with Crippen LogP contribution >= 0.6 is 22.9 Å². The number of rotatable bonds is 14. The zero-order valence-corrected chi connectivity index (χ0v) is 34.5. The van der Waals surface area contributed by atoms with Gasteiger partial charge >= 0.3 is 57.4 Å². The van der Waals surface area contributed by atoms with Crippen LogP contribution in [0.15, 0.2) is 66.7 Å². The SMILES string of the molecule is CCCCc1nc(Cl)c(COC(=O)c2sc(-c3ccc(OCC(C)C)c(C#N)c3)nc2C)n1Cc1ccc(-c2ccccc2-c2nnn[n-]2)cc1.[K+]. The van der Waals surface area contributed by atoms with Gasteiger partial charge < -0.3 is 19.1 Å². The Morgan fingerprint density at radius 2 is 1.81 bits per heavy atom. The van der Waals surface area contributed by atoms with Crippen molar-refractivity contribution in [1.82, 2.24) is 35.2 Å². The van der Waals surface area contributed by atoms with Crippen molar-refractivity contribution in [2.45, 2.75) is 60.1 Å². The monoisotopic (exact) mass is 758 g/mol. The van der Waals surface area contributed by atoms with Crippen molar-refractivity contribution >= 4 is 28.9 Å². The van der Waals surface area contributed by atoms with Crippen LogP contribution in [-0.4, -0.2) is 42.6 Å². The first-order chi connectivity index (χ1) is 24.7. The number of unbranched alkanes of at least 4 members (excludes halogenated alkanes) is 1. The molecule has 0 radical (unpaired) electrons. The van der Waals surface area contributed by atoms with Crippen molar-refractivity contribution in [3.8, 4) is 44.9 Å². The summed E-state index contributed by atoms with van der Waals surface area (Å²) in [5, 5.41) is 26.0. The number of hydrogen-bond acceptors (Lipinski definition) is 10. The number of ether oxygens (including phenoxy) is 2. The first kappa shape index (κ1) is 39.5. The molecule has 0 amide bonds. The van der Waals surface area contributed by atoms with Gasteiger partial charge in [0.2, 0.25) is 0 Å². The third-order valence-electron chi connectivity index (χ3n) is 8.19. The van der Waals surface area contributed by atoms with Crippen molar-refractivity contribution in [3.05, 3.63) is 105 Å². The van der Waals surface area contributed by atoms with Gasteiger partial charge in [0.1, 0.15) is 34.1 Å². The molecule has 0 aliphatic rings. The fourth-order valence-corrected chi connectivity index (χ4v) is 6.76. The van der Waals surface area contributed by atoms with Gasteiger partial charge in [-0.05, 0) is 59.7 Å². The van der Waals surface area contributed by atoms with Gasteiger partial charge in [-0.2, -0.15) is 10.5 Å². The zero-order valence-electron chi connectivity index (χ0n) is 29.8. The number of aryl methyl sites for hydroxylation is 2. The first-order valence-corrected chi connectivity index (χ1v) is 17.9. The number of hydrogen-bond donors (Lipinski definition) is 0. The summed E-state index contributed by atoms with van der Waals surface area (Å²) in [4.78, 5) is 23.1. The average molecular weight is 759 g/mol. The summed E-state index contributed by atoms with van der Waals surface area (Å²) in [5.74, 6) is 1.65. The van der Waals surface area contributed by atoms with E-state index in [2.05, 4.69) is 67.9 Å². The third-order valence-corrected chi connectivity index (χ3v) is 9.68. The van der Waals surface area contributed by atoms with Crippen molar-refractivity contribution in [2.24, 2.45) is 5.92 Å². The Balaban J connectivity index is 0.00000523. The summed E-state index contributed by atoms with van der Waals surface area (Å²) in [6.07, 6.45) is 2.68. The van der Waals surface area contributed by atoms with Gasteiger partial charge in [-0.1, -0.05) is 87.3 Å². The molecular weight excluding hydrogens is 723 g/mol. The van der Waals surface area contributed by atoms with Crippen LogP contribution in [-0.2, 0) is 24.3 Å². The maximum absolute atomic E-state index is 13.4. The zero-order chi connectivity index (χ0) is 35.9. The summed E-state index contributed by atoms with van der Waals surface area (Å²) in [5.41, 5.74) is 6.15. The van der Waals surface area contributed by atoms with Crippen LogP contribution in [0.1, 0.15) is 71.6 Å². The predicted octanol–water partition coefficient (Wildman–Crippen LogP) is 5.10. The summed E-state index contributed by atoms with van der Waals surface area (Å²) in [7, 11) is 0. The van der Waals surface area contributed by atoms with E-state index in [9.17, 15) is 10.1 Å².